The number of nitrogens with zero attached hydrogens (tertiary/aromatic N) is 2. The second-order valence-corrected chi connectivity index (χ2v) is 4.90. The van der Waals surface area contributed by atoms with Crippen molar-refractivity contribution in [3.63, 3.8) is 0 Å². The molecule has 104 valence electrons. The molecular weight excluding hydrogens is 236 g/mol. The van der Waals surface area contributed by atoms with Gasteiger partial charge in [-0.25, -0.2) is 4.79 Å². The second-order valence-electron chi connectivity index (χ2n) is 4.90. The predicted octanol–water partition coefficient (Wildman–Crippen LogP) is -0.535. The Morgan fingerprint density at radius 1 is 1.28 bits per heavy atom. The maximum absolute atomic E-state index is 11.4. The molecule has 1 unspecified atom stereocenters. The van der Waals surface area contributed by atoms with Crippen molar-refractivity contribution < 1.29 is 19.4 Å². The fourth-order valence-corrected chi connectivity index (χ4v) is 2.16. The Hall–Kier alpha value is -1.14. The van der Waals surface area contributed by atoms with E-state index in [1.165, 1.54) is 14.0 Å². The lowest BCUT2D eigenvalue weighted by Crippen LogP contribution is -2.48. The third kappa shape index (κ3) is 3.96. The van der Waals surface area contributed by atoms with Gasteiger partial charge in [0.1, 0.15) is 0 Å². The summed E-state index contributed by atoms with van der Waals surface area (Å²) in [7, 11) is 1.26. The van der Waals surface area contributed by atoms with E-state index in [0.717, 1.165) is 19.5 Å². The number of esters is 1. The zero-order valence-corrected chi connectivity index (χ0v) is 11.3. The summed E-state index contributed by atoms with van der Waals surface area (Å²) in [6.07, 6.45) is 0.844. The van der Waals surface area contributed by atoms with Gasteiger partial charge in [-0.05, 0) is 13.3 Å². The van der Waals surface area contributed by atoms with Crippen molar-refractivity contribution in [3.8, 4) is 0 Å². The van der Waals surface area contributed by atoms with Crippen molar-refractivity contribution in [2.45, 2.75) is 25.9 Å². The Balaban J connectivity index is 2.54. The zero-order chi connectivity index (χ0) is 13.8. The highest BCUT2D eigenvalue weighted by atomic mass is 16.5. The van der Waals surface area contributed by atoms with Crippen LogP contribution in [0.2, 0.25) is 0 Å². The van der Waals surface area contributed by atoms with Crippen LogP contribution in [0.3, 0.4) is 0 Å². The number of ether oxygens (including phenoxy) is 1. The van der Waals surface area contributed by atoms with E-state index < -0.39 is 11.6 Å². The number of aliphatic hydroxyl groups is 1. The average Bonchev–Trinajstić information content (AvgIpc) is 2.53. The van der Waals surface area contributed by atoms with Gasteiger partial charge in [0.25, 0.3) is 0 Å². The molecule has 1 aliphatic heterocycles. The zero-order valence-electron chi connectivity index (χ0n) is 11.3. The van der Waals surface area contributed by atoms with Crippen LogP contribution < -0.4 is 0 Å². The molecule has 0 aliphatic carbocycles. The maximum atomic E-state index is 11.4. The van der Waals surface area contributed by atoms with Crippen LogP contribution >= 0.6 is 0 Å². The van der Waals surface area contributed by atoms with Crippen molar-refractivity contribution in [3.05, 3.63) is 0 Å². The Bertz CT molecular complexity index is 317. The van der Waals surface area contributed by atoms with E-state index in [4.69, 9.17) is 0 Å². The Morgan fingerprint density at radius 3 is 2.50 bits per heavy atom. The highest BCUT2D eigenvalue weighted by Crippen LogP contribution is 2.11. The lowest BCUT2D eigenvalue weighted by atomic mass is 10.1. The highest BCUT2D eigenvalue weighted by Gasteiger charge is 2.34. The molecule has 1 heterocycles. The number of rotatable bonds is 3. The molecule has 0 aromatic rings. The standard InChI is InChI=1S/C12H22N2O4/c1-10(15)14-6-4-5-13(7-8-14)9-12(2,17)11(16)18-3/h17H,4-9H2,1-3H3. The van der Waals surface area contributed by atoms with Crippen molar-refractivity contribution in [2.24, 2.45) is 0 Å². The van der Waals surface area contributed by atoms with Crippen LogP contribution in [0, 0.1) is 0 Å². The summed E-state index contributed by atoms with van der Waals surface area (Å²) in [4.78, 5) is 26.5. The van der Waals surface area contributed by atoms with Gasteiger partial charge in [0.2, 0.25) is 5.91 Å². The van der Waals surface area contributed by atoms with Gasteiger partial charge in [0, 0.05) is 39.6 Å². The predicted molar refractivity (Wildman–Crippen MR) is 66.0 cm³/mol. The molecule has 1 aliphatic rings. The lowest BCUT2D eigenvalue weighted by Gasteiger charge is -2.28. The van der Waals surface area contributed by atoms with Crippen LogP contribution in [-0.4, -0.2) is 72.2 Å². The van der Waals surface area contributed by atoms with Crippen LogP contribution in [0.1, 0.15) is 20.3 Å². The van der Waals surface area contributed by atoms with Crippen LogP contribution in [0.15, 0.2) is 0 Å². The maximum Gasteiger partial charge on any atom is 0.338 e. The molecule has 1 amide bonds. The molecule has 0 radical (unpaired) electrons. The second kappa shape index (κ2) is 6.15. The smallest absolute Gasteiger partial charge is 0.338 e. The first-order chi connectivity index (χ1) is 8.36. The van der Waals surface area contributed by atoms with Gasteiger partial charge in [-0.2, -0.15) is 0 Å². The highest BCUT2D eigenvalue weighted by molar-refractivity contribution is 5.78. The minimum atomic E-state index is -1.50. The van der Waals surface area contributed by atoms with E-state index in [1.54, 1.807) is 11.8 Å². The first-order valence-electron chi connectivity index (χ1n) is 6.15. The number of carbonyl (C=O) groups is 2. The number of hydrogen-bond acceptors (Lipinski definition) is 5. The summed E-state index contributed by atoms with van der Waals surface area (Å²) >= 11 is 0. The third-order valence-corrected chi connectivity index (χ3v) is 3.19. The summed E-state index contributed by atoms with van der Waals surface area (Å²) in [6, 6.07) is 0. The summed E-state index contributed by atoms with van der Waals surface area (Å²) in [5, 5.41) is 10.0. The summed E-state index contributed by atoms with van der Waals surface area (Å²) < 4.78 is 4.57. The van der Waals surface area contributed by atoms with E-state index in [0.29, 0.717) is 13.1 Å². The largest absolute Gasteiger partial charge is 0.467 e. The summed E-state index contributed by atoms with van der Waals surface area (Å²) in [5.74, 6) is -0.563. The van der Waals surface area contributed by atoms with Gasteiger partial charge in [-0.1, -0.05) is 0 Å². The fourth-order valence-electron chi connectivity index (χ4n) is 2.16. The molecule has 1 N–H and O–H groups in total. The first-order valence-corrected chi connectivity index (χ1v) is 6.15. The molecule has 0 bridgehead atoms. The van der Waals surface area contributed by atoms with Crippen molar-refractivity contribution >= 4 is 11.9 Å². The molecule has 18 heavy (non-hydrogen) atoms. The molecule has 0 aromatic heterocycles. The summed E-state index contributed by atoms with van der Waals surface area (Å²) in [5.41, 5.74) is -1.50. The van der Waals surface area contributed by atoms with Crippen LogP contribution in [-0.2, 0) is 14.3 Å². The molecule has 6 heteroatoms. The van der Waals surface area contributed by atoms with Gasteiger partial charge in [-0.3, -0.25) is 9.69 Å². The van der Waals surface area contributed by atoms with Crippen LogP contribution in [0.25, 0.3) is 0 Å². The number of amides is 1. The SMILES string of the molecule is COC(=O)C(C)(O)CN1CCCN(C(C)=O)CC1. The minimum absolute atomic E-state index is 0.0663. The molecule has 0 spiro atoms. The quantitative estimate of drug-likeness (QED) is 0.689. The van der Waals surface area contributed by atoms with Crippen molar-refractivity contribution in [1.82, 2.24) is 9.80 Å². The van der Waals surface area contributed by atoms with Gasteiger partial charge < -0.3 is 14.7 Å². The minimum Gasteiger partial charge on any atom is -0.467 e. The molecule has 6 nitrogen and oxygen atoms in total. The number of methoxy groups -OCH3 is 1. The van der Waals surface area contributed by atoms with E-state index in [9.17, 15) is 14.7 Å². The molecule has 0 aromatic carbocycles. The average molecular weight is 258 g/mol. The van der Waals surface area contributed by atoms with E-state index in [-0.39, 0.29) is 12.5 Å². The van der Waals surface area contributed by atoms with Crippen LogP contribution in [0.5, 0.6) is 0 Å². The van der Waals surface area contributed by atoms with E-state index >= 15 is 0 Å². The van der Waals surface area contributed by atoms with Gasteiger partial charge in [0.15, 0.2) is 5.60 Å². The lowest BCUT2D eigenvalue weighted by molar-refractivity contribution is -0.162. The topological polar surface area (TPSA) is 70.1 Å². The molecule has 0 saturated carbocycles. The number of hydrogen-bond donors (Lipinski definition) is 1. The third-order valence-electron chi connectivity index (χ3n) is 3.19. The summed E-state index contributed by atoms with van der Waals surface area (Å²) in [6.45, 7) is 6.01. The molecule has 1 atom stereocenters. The van der Waals surface area contributed by atoms with E-state index in [2.05, 4.69) is 4.74 Å². The Labute approximate surface area is 107 Å². The van der Waals surface area contributed by atoms with Crippen molar-refractivity contribution in [1.29, 1.82) is 0 Å². The number of carbonyl (C=O) groups excluding carboxylic acids is 2. The molecule has 1 saturated heterocycles. The fraction of sp³-hybridized carbons (Fsp3) is 0.833. The van der Waals surface area contributed by atoms with Gasteiger partial charge in [0.05, 0.1) is 7.11 Å². The molecule has 1 fully saturated rings. The van der Waals surface area contributed by atoms with E-state index in [1.807, 2.05) is 4.90 Å². The Kier molecular flexibility index (Phi) is 5.10. The molecular formula is C12H22N2O4. The normalized spacial score (nSPS) is 21.0. The molecule has 1 rings (SSSR count). The van der Waals surface area contributed by atoms with Gasteiger partial charge in [-0.15, -0.1) is 0 Å². The first kappa shape index (κ1) is 14.9. The van der Waals surface area contributed by atoms with Crippen LogP contribution in [0.4, 0.5) is 0 Å². The van der Waals surface area contributed by atoms with Crippen molar-refractivity contribution in [2.75, 3.05) is 39.8 Å². The monoisotopic (exact) mass is 258 g/mol. The Morgan fingerprint density at radius 2 is 1.94 bits per heavy atom. The van der Waals surface area contributed by atoms with Gasteiger partial charge >= 0.3 is 5.97 Å². The number of β-amino-alcohol motifs (C(OH)–C–C–N with tert-alkyl or cyclic N) is 1.